The lowest BCUT2D eigenvalue weighted by Crippen LogP contribution is -1.86. The van der Waals surface area contributed by atoms with E-state index in [1.54, 1.807) is 30.0 Å². The fourth-order valence-electron chi connectivity index (χ4n) is 1.59. The van der Waals surface area contributed by atoms with E-state index in [1.807, 2.05) is 24.3 Å². The lowest BCUT2D eigenvalue weighted by atomic mass is 10.1. The second kappa shape index (κ2) is 6.91. The number of aliphatic carboxylic acids is 1. The number of hydrogen-bond donors (Lipinski definition) is 1. The van der Waals surface area contributed by atoms with E-state index in [9.17, 15) is 9.18 Å². The molecule has 0 aliphatic carbocycles. The Morgan fingerprint density at radius 2 is 1.75 bits per heavy atom. The molecule has 0 aliphatic rings. The van der Waals surface area contributed by atoms with Crippen molar-refractivity contribution in [1.29, 1.82) is 0 Å². The zero-order valence-corrected chi connectivity index (χ0v) is 11.4. The van der Waals surface area contributed by atoms with Crippen LogP contribution in [0.5, 0.6) is 0 Å². The van der Waals surface area contributed by atoms with Crippen LogP contribution in [0.2, 0.25) is 0 Å². The van der Waals surface area contributed by atoms with E-state index in [0.29, 0.717) is 0 Å². The normalized spacial score (nSPS) is 10.8. The third kappa shape index (κ3) is 4.55. The van der Waals surface area contributed by atoms with Gasteiger partial charge in [-0.3, -0.25) is 0 Å². The number of rotatable bonds is 5. The van der Waals surface area contributed by atoms with E-state index in [2.05, 4.69) is 0 Å². The van der Waals surface area contributed by atoms with Crippen LogP contribution >= 0.6 is 11.8 Å². The van der Waals surface area contributed by atoms with E-state index in [0.717, 1.165) is 27.9 Å². The highest BCUT2D eigenvalue weighted by atomic mass is 32.2. The Morgan fingerprint density at radius 1 is 1.10 bits per heavy atom. The first-order chi connectivity index (χ1) is 9.63. The van der Waals surface area contributed by atoms with Gasteiger partial charge in [-0.2, -0.15) is 0 Å². The number of hydrogen-bond acceptors (Lipinski definition) is 2. The monoisotopic (exact) mass is 288 g/mol. The maximum Gasteiger partial charge on any atom is 0.328 e. The van der Waals surface area contributed by atoms with E-state index in [-0.39, 0.29) is 5.82 Å². The lowest BCUT2D eigenvalue weighted by molar-refractivity contribution is -0.131. The molecule has 0 saturated heterocycles. The average molecular weight is 288 g/mol. The Hall–Kier alpha value is -2.07. The van der Waals surface area contributed by atoms with E-state index >= 15 is 0 Å². The molecular formula is C16H13FO2S. The number of benzene rings is 2. The molecule has 2 nitrogen and oxygen atoms in total. The second-order valence-corrected chi connectivity index (χ2v) is 5.20. The first-order valence-electron chi connectivity index (χ1n) is 6.02. The molecule has 0 bridgehead atoms. The van der Waals surface area contributed by atoms with Gasteiger partial charge in [0.05, 0.1) is 0 Å². The van der Waals surface area contributed by atoms with Crippen LogP contribution in [-0.2, 0) is 10.5 Å². The van der Waals surface area contributed by atoms with Gasteiger partial charge in [0.2, 0.25) is 0 Å². The number of halogens is 1. The van der Waals surface area contributed by atoms with Crippen molar-refractivity contribution in [3.05, 3.63) is 71.6 Å². The van der Waals surface area contributed by atoms with Gasteiger partial charge in [0.15, 0.2) is 0 Å². The van der Waals surface area contributed by atoms with Crippen LogP contribution in [0.4, 0.5) is 4.39 Å². The molecule has 0 saturated carbocycles. The Kier molecular flexibility index (Phi) is 4.96. The molecule has 0 amide bonds. The number of carboxylic acid groups (broad SMARTS) is 1. The summed E-state index contributed by atoms with van der Waals surface area (Å²) >= 11 is 1.63. The van der Waals surface area contributed by atoms with Crippen molar-refractivity contribution < 1.29 is 14.3 Å². The van der Waals surface area contributed by atoms with Gasteiger partial charge < -0.3 is 5.11 Å². The summed E-state index contributed by atoms with van der Waals surface area (Å²) in [5.74, 6) is -0.404. The van der Waals surface area contributed by atoms with Crippen molar-refractivity contribution in [3.8, 4) is 0 Å². The van der Waals surface area contributed by atoms with Crippen LogP contribution in [0.15, 0.2) is 59.5 Å². The molecule has 20 heavy (non-hydrogen) atoms. The van der Waals surface area contributed by atoms with Crippen molar-refractivity contribution in [2.45, 2.75) is 10.6 Å². The molecule has 0 radical (unpaired) electrons. The van der Waals surface area contributed by atoms with Crippen LogP contribution in [-0.4, -0.2) is 11.1 Å². The summed E-state index contributed by atoms with van der Waals surface area (Å²) in [6.07, 6.45) is 2.67. The molecule has 2 aromatic rings. The third-order valence-electron chi connectivity index (χ3n) is 2.62. The van der Waals surface area contributed by atoms with Gasteiger partial charge in [0.25, 0.3) is 0 Å². The van der Waals surface area contributed by atoms with Crippen molar-refractivity contribution in [2.75, 3.05) is 0 Å². The standard InChI is InChI=1S/C16H13FO2S/c17-14-6-8-15(9-7-14)20-11-13-3-1-12(2-4-13)5-10-16(18)19/h1-10H,11H2,(H,18,19). The van der Waals surface area contributed by atoms with Crippen molar-refractivity contribution in [1.82, 2.24) is 0 Å². The summed E-state index contributed by atoms with van der Waals surface area (Å²) in [7, 11) is 0. The summed E-state index contributed by atoms with van der Waals surface area (Å²) in [6, 6.07) is 14.1. The first kappa shape index (κ1) is 14.3. The van der Waals surface area contributed by atoms with Gasteiger partial charge in [0, 0.05) is 16.7 Å². The SMILES string of the molecule is O=C(O)C=Cc1ccc(CSc2ccc(F)cc2)cc1. The second-order valence-electron chi connectivity index (χ2n) is 4.16. The summed E-state index contributed by atoms with van der Waals surface area (Å²) in [4.78, 5) is 11.4. The summed E-state index contributed by atoms with van der Waals surface area (Å²) in [5, 5.41) is 8.54. The van der Waals surface area contributed by atoms with Gasteiger partial charge in [-0.15, -0.1) is 11.8 Å². The summed E-state index contributed by atoms with van der Waals surface area (Å²) < 4.78 is 12.8. The zero-order chi connectivity index (χ0) is 14.4. The minimum atomic E-state index is -0.957. The smallest absolute Gasteiger partial charge is 0.328 e. The quantitative estimate of drug-likeness (QED) is 0.661. The van der Waals surface area contributed by atoms with Crippen LogP contribution < -0.4 is 0 Å². The Morgan fingerprint density at radius 3 is 2.35 bits per heavy atom. The molecule has 0 atom stereocenters. The fourth-order valence-corrected chi connectivity index (χ4v) is 2.44. The summed E-state index contributed by atoms with van der Waals surface area (Å²) in [5.41, 5.74) is 1.98. The molecule has 0 spiro atoms. The van der Waals surface area contributed by atoms with Gasteiger partial charge in [-0.05, 0) is 41.5 Å². The number of carboxylic acids is 1. The van der Waals surface area contributed by atoms with E-state index in [1.165, 1.54) is 12.1 Å². The molecule has 0 aliphatic heterocycles. The van der Waals surface area contributed by atoms with Gasteiger partial charge in [-0.25, -0.2) is 9.18 Å². The molecule has 1 N–H and O–H groups in total. The van der Waals surface area contributed by atoms with Crippen molar-refractivity contribution in [3.63, 3.8) is 0 Å². The highest BCUT2D eigenvalue weighted by Gasteiger charge is 1.98. The molecule has 0 fully saturated rings. The lowest BCUT2D eigenvalue weighted by Gasteiger charge is -2.02. The number of thioether (sulfide) groups is 1. The predicted molar refractivity (Wildman–Crippen MR) is 79.1 cm³/mol. The Bertz CT molecular complexity index is 603. The zero-order valence-electron chi connectivity index (χ0n) is 10.6. The largest absolute Gasteiger partial charge is 0.478 e. The fraction of sp³-hybridized carbons (Fsp3) is 0.0625. The third-order valence-corrected chi connectivity index (χ3v) is 3.70. The topological polar surface area (TPSA) is 37.3 Å². The molecular weight excluding hydrogens is 275 g/mol. The molecule has 0 aromatic heterocycles. The minimum absolute atomic E-state index is 0.232. The highest BCUT2D eigenvalue weighted by Crippen LogP contribution is 2.23. The van der Waals surface area contributed by atoms with Crippen molar-refractivity contribution in [2.24, 2.45) is 0 Å². The molecule has 2 aromatic carbocycles. The highest BCUT2D eigenvalue weighted by molar-refractivity contribution is 7.98. The van der Waals surface area contributed by atoms with E-state index < -0.39 is 5.97 Å². The molecule has 0 heterocycles. The van der Waals surface area contributed by atoms with Crippen LogP contribution in [0, 0.1) is 5.82 Å². The molecule has 2 rings (SSSR count). The predicted octanol–water partition coefficient (Wildman–Crippen LogP) is 4.22. The van der Waals surface area contributed by atoms with E-state index in [4.69, 9.17) is 5.11 Å². The molecule has 4 heteroatoms. The molecule has 102 valence electrons. The van der Waals surface area contributed by atoms with Crippen LogP contribution in [0.1, 0.15) is 11.1 Å². The Balaban J connectivity index is 1.93. The van der Waals surface area contributed by atoms with Gasteiger partial charge >= 0.3 is 5.97 Å². The molecule has 0 unspecified atom stereocenters. The number of carbonyl (C=O) groups is 1. The first-order valence-corrected chi connectivity index (χ1v) is 7.00. The average Bonchev–Trinajstić information content (AvgIpc) is 2.45. The van der Waals surface area contributed by atoms with Crippen LogP contribution in [0.25, 0.3) is 6.08 Å². The Labute approximate surface area is 121 Å². The maximum absolute atomic E-state index is 12.8. The van der Waals surface area contributed by atoms with Gasteiger partial charge in [0.1, 0.15) is 5.82 Å². The van der Waals surface area contributed by atoms with Gasteiger partial charge in [-0.1, -0.05) is 24.3 Å². The summed E-state index contributed by atoms with van der Waals surface area (Å²) in [6.45, 7) is 0. The minimum Gasteiger partial charge on any atom is -0.478 e. The van der Waals surface area contributed by atoms with Crippen molar-refractivity contribution >= 4 is 23.8 Å². The van der Waals surface area contributed by atoms with Crippen LogP contribution in [0.3, 0.4) is 0 Å². The maximum atomic E-state index is 12.8.